The summed E-state index contributed by atoms with van der Waals surface area (Å²) in [5.41, 5.74) is 1.02. The number of amides is 1. The lowest BCUT2D eigenvalue weighted by molar-refractivity contribution is -0.0484. The van der Waals surface area contributed by atoms with Crippen LogP contribution in [0.3, 0.4) is 0 Å². The van der Waals surface area contributed by atoms with Crippen LogP contribution in [0.5, 0.6) is 0 Å². The number of hydrogen-bond acceptors (Lipinski definition) is 2. The molecule has 0 aliphatic heterocycles. The van der Waals surface area contributed by atoms with Crippen LogP contribution in [0.1, 0.15) is 37.7 Å². The lowest BCUT2D eigenvalue weighted by Crippen LogP contribution is -2.71. The number of benzene rings is 1. The Bertz CT molecular complexity index is 545. The van der Waals surface area contributed by atoms with Gasteiger partial charge >= 0.3 is 6.09 Å². The Morgan fingerprint density at radius 3 is 2.45 bits per heavy atom. The number of carboxylic acid groups (broad SMARTS) is 1. The van der Waals surface area contributed by atoms with Crippen LogP contribution in [-0.4, -0.2) is 22.8 Å². The van der Waals surface area contributed by atoms with Crippen molar-refractivity contribution in [3.05, 3.63) is 35.9 Å². The Balaban J connectivity index is 1.54. The second-order valence-corrected chi connectivity index (χ2v) is 7.54. The number of hydrogen-bond donors (Lipinski definition) is 3. The summed E-state index contributed by atoms with van der Waals surface area (Å²) in [6.07, 6.45) is 5.01. The van der Waals surface area contributed by atoms with Gasteiger partial charge in [-0.3, -0.25) is 0 Å². The molecule has 4 aliphatic rings. The van der Waals surface area contributed by atoms with Gasteiger partial charge in [0.2, 0.25) is 0 Å². The maximum absolute atomic E-state index is 11.4. The van der Waals surface area contributed by atoms with Crippen LogP contribution in [0.2, 0.25) is 0 Å². The third-order valence-electron chi connectivity index (χ3n) is 6.04. The maximum Gasteiger partial charge on any atom is 0.405 e. The fourth-order valence-electron chi connectivity index (χ4n) is 5.62. The lowest BCUT2D eigenvalue weighted by atomic mass is 9.50. The van der Waals surface area contributed by atoms with Gasteiger partial charge in [0.05, 0.1) is 5.54 Å². The molecule has 4 heteroatoms. The van der Waals surface area contributed by atoms with Crippen LogP contribution in [-0.2, 0) is 6.54 Å². The Kier molecular flexibility index (Phi) is 3.37. The molecule has 0 radical (unpaired) electrons. The highest BCUT2D eigenvalue weighted by Crippen LogP contribution is 2.55. The van der Waals surface area contributed by atoms with Crippen molar-refractivity contribution in [2.45, 2.75) is 50.2 Å². The third-order valence-corrected chi connectivity index (χ3v) is 6.04. The van der Waals surface area contributed by atoms with Crippen molar-refractivity contribution in [2.24, 2.45) is 17.8 Å². The first kappa shape index (κ1) is 14.1. The molecule has 0 saturated heterocycles. The van der Waals surface area contributed by atoms with Crippen LogP contribution in [0, 0.1) is 17.8 Å². The zero-order valence-corrected chi connectivity index (χ0v) is 12.8. The van der Waals surface area contributed by atoms with E-state index in [9.17, 15) is 9.90 Å². The van der Waals surface area contributed by atoms with Crippen molar-refractivity contribution in [3.63, 3.8) is 0 Å². The first-order valence-corrected chi connectivity index (χ1v) is 8.43. The molecule has 1 amide bonds. The molecule has 3 atom stereocenters. The van der Waals surface area contributed by atoms with Gasteiger partial charge in [-0.25, -0.2) is 4.79 Å². The molecule has 4 nitrogen and oxygen atoms in total. The highest BCUT2D eigenvalue weighted by atomic mass is 16.4. The number of rotatable bonds is 4. The highest BCUT2D eigenvalue weighted by Gasteiger charge is 2.57. The third kappa shape index (κ3) is 2.39. The first-order valence-electron chi connectivity index (χ1n) is 8.43. The summed E-state index contributed by atoms with van der Waals surface area (Å²) in [5, 5.41) is 16.0. The molecule has 1 aromatic rings. The molecule has 0 spiro atoms. The van der Waals surface area contributed by atoms with E-state index >= 15 is 0 Å². The van der Waals surface area contributed by atoms with Crippen LogP contribution < -0.4 is 10.6 Å². The Morgan fingerprint density at radius 1 is 1.14 bits per heavy atom. The summed E-state index contributed by atoms with van der Waals surface area (Å²) in [6, 6.07) is 10.7. The average Bonchev–Trinajstić information content (AvgIpc) is 2.45. The van der Waals surface area contributed by atoms with Gasteiger partial charge < -0.3 is 15.7 Å². The van der Waals surface area contributed by atoms with Gasteiger partial charge in [-0.1, -0.05) is 30.3 Å². The van der Waals surface area contributed by atoms with Gasteiger partial charge in [0.25, 0.3) is 0 Å². The summed E-state index contributed by atoms with van der Waals surface area (Å²) in [6.45, 7) is 0.820. The van der Waals surface area contributed by atoms with Gasteiger partial charge in [-0.15, -0.1) is 0 Å². The zero-order chi connectivity index (χ0) is 15.2. The molecule has 1 aromatic carbocycles. The molecule has 3 unspecified atom stereocenters. The van der Waals surface area contributed by atoms with Gasteiger partial charge in [0.1, 0.15) is 0 Å². The minimum absolute atomic E-state index is 0.241. The summed E-state index contributed by atoms with van der Waals surface area (Å²) in [4.78, 5) is 11.4. The maximum atomic E-state index is 11.4. The van der Waals surface area contributed by atoms with E-state index in [0.29, 0.717) is 5.92 Å². The first-order chi connectivity index (χ1) is 10.6. The molecule has 22 heavy (non-hydrogen) atoms. The van der Waals surface area contributed by atoms with Crippen LogP contribution >= 0.6 is 0 Å². The second-order valence-electron chi connectivity index (χ2n) is 7.54. The predicted molar refractivity (Wildman–Crippen MR) is 84.5 cm³/mol. The van der Waals surface area contributed by atoms with Gasteiger partial charge in [0.15, 0.2) is 0 Å². The Morgan fingerprint density at radius 2 is 1.82 bits per heavy atom. The molecular formula is C18H24N2O2. The fraction of sp³-hybridized carbons (Fsp3) is 0.611. The Hall–Kier alpha value is -1.55. The molecule has 118 valence electrons. The van der Waals surface area contributed by atoms with Crippen molar-refractivity contribution < 1.29 is 9.90 Å². The highest BCUT2D eigenvalue weighted by molar-refractivity contribution is 5.66. The monoisotopic (exact) mass is 300 g/mol. The van der Waals surface area contributed by atoms with Gasteiger partial charge in [0, 0.05) is 12.6 Å². The minimum atomic E-state index is -0.867. The van der Waals surface area contributed by atoms with Crippen molar-refractivity contribution >= 4 is 6.09 Å². The molecule has 4 saturated carbocycles. The largest absolute Gasteiger partial charge is 0.465 e. The summed E-state index contributed by atoms with van der Waals surface area (Å²) < 4.78 is 0. The standard InChI is InChI=1S/C18H24N2O2/c21-17(22)20-18-9-13-6-14(10-18)8-15(7-13)16(18)19-11-12-4-2-1-3-5-12/h1-5,13-16,19-20H,6-11H2,(H,21,22). The van der Waals surface area contributed by atoms with E-state index in [1.54, 1.807) is 0 Å². The number of nitrogens with one attached hydrogen (secondary N) is 2. The molecule has 4 bridgehead atoms. The van der Waals surface area contributed by atoms with Crippen LogP contribution in [0.15, 0.2) is 30.3 Å². The fourth-order valence-corrected chi connectivity index (χ4v) is 5.62. The van der Waals surface area contributed by atoms with Crippen molar-refractivity contribution in [2.75, 3.05) is 0 Å². The molecule has 0 aromatic heterocycles. The van der Waals surface area contributed by atoms with Crippen LogP contribution in [0.4, 0.5) is 4.79 Å². The minimum Gasteiger partial charge on any atom is -0.465 e. The van der Waals surface area contributed by atoms with E-state index in [1.165, 1.54) is 24.8 Å². The van der Waals surface area contributed by atoms with E-state index in [-0.39, 0.29) is 11.6 Å². The topological polar surface area (TPSA) is 61.4 Å². The molecule has 0 heterocycles. The van der Waals surface area contributed by atoms with Crippen LogP contribution in [0.25, 0.3) is 0 Å². The normalized spacial score (nSPS) is 38.9. The molecular weight excluding hydrogens is 276 g/mol. The van der Waals surface area contributed by atoms with Crippen molar-refractivity contribution in [1.82, 2.24) is 10.6 Å². The van der Waals surface area contributed by atoms with Crippen molar-refractivity contribution in [1.29, 1.82) is 0 Å². The number of carbonyl (C=O) groups is 1. The summed E-state index contributed by atoms with van der Waals surface area (Å²) in [5.74, 6) is 2.07. The Labute approximate surface area is 131 Å². The molecule has 3 N–H and O–H groups in total. The van der Waals surface area contributed by atoms with E-state index < -0.39 is 6.09 Å². The smallest absolute Gasteiger partial charge is 0.405 e. The van der Waals surface area contributed by atoms with E-state index in [4.69, 9.17) is 0 Å². The van der Waals surface area contributed by atoms with E-state index in [1.807, 2.05) is 6.07 Å². The quantitative estimate of drug-likeness (QED) is 0.801. The second kappa shape index (κ2) is 5.27. The van der Waals surface area contributed by atoms with Gasteiger partial charge in [-0.05, 0) is 55.4 Å². The molecule has 4 fully saturated rings. The molecule has 5 rings (SSSR count). The van der Waals surface area contributed by atoms with Gasteiger partial charge in [-0.2, -0.15) is 0 Å². The lowest BCUT2D eigenvalue weighted by Gasteiger charge is -2.61. The zero-order valence-electron chi connectivity index (χ0n) is 12.8. The van der Waals surface area contributed by atoms with E-state index in [2.05, 4.69) is 34.9 Å². The predicted octanol–water partition coefficient (Wildman–Crippen LogP) is 2.99. The average molecular weight is 300 g/mol. The van der Waals surface area contributed by atoms with E-state index in [0.717, 1.165) is 31.2 Å². The molecule has 4 aliphatic carbocycles. The summed E-state index contributed by atoms with van der Waals surface area (Å²) >= 11 is 0. The summed E-state index contributed by atoms with van der Waals surface area (Å²) in [7, 11) is 0. The SMILES string of the molecule is O=C(O)NC12CC3CC(CC(C3)C1NCc1ccccc1)C2. The van der Waals surface area contributed by atoms with Crippen molar-refractivity contribution in [3.8, 4) is 0 Å².